The summed E-state index contributed by atoms with van der Waals surface area (Å²) in [7, 11) is 0. The Bertz CT molecular complexity index is 190. The lowest BCUT2D eigenvalue weighted by Gasteiger charge is -2.17. The number of rotatable bonds is 14. The summed E-state index contributed by atoms with van der Waals surface area (Å²) in [5.41, 5.74) is 0. The monoisotopic (exact) mass is 270 g/mol. The SMILES string of the molecule is CCC/C=C/COC(CCCCC)OCCCCC. The van der Waals surface area contributed by atoms with E-state index in [9.17, 15) is 0 Å². The fourth-order valence-electron chi connectivity index (χ4n) is 1.86. The summed E-state index contributed by atoms with van der Waals surface area (Å²) in [5.74, 6) is 0. The molecule has 0 aliphatic heterocycles. The fourth-order valence-corrected chi connectivity index (χ4v) is 1.86. The van der Waals surface area contributed by atoms with Crippen LogP contribution in [0.15, 0.2) is 12.2 Å². The predicted molar refractivity (Wildman–Crippen MR) is 83.4 cm³/mol. The zero-order valence-corrected chi connectivity index (χ0v) is 13.3. The molecule has 0 fully saturated rings. The van der Waals surface area contributed by atoms with Crippen LogP contribution in [-0.2, 0) is 9.47 Å². The minimum absolute atomic E-state index is 0.00492. The van der Waals surface area contributed by atoms with Gasteiger partial charge in [0.1, 0.15) is 0 Å². The van der Waals surface area contributed by atoms with E-state index in [4.69, 9.17) is 9.47 Å². The molecule has 0 saturated heterocycles. The third-order valence-electron chi connectivity index (χ3n) is 3.10. The van der Waals surface area contributed by atoms with Crippen LogP contribution in [0.3, 0.4) is 0 Å². The molecule has 0 aromatic rings. The predicted octanol–water partition coefficient (Wildman–Crippen LogP) is 5.47. The van der Waals surface area contributed by atoms with Crippen LogP contribution in [0.2, 0.25) is 0 Å². The molecule has 0 bridgehead atoms. The van der Waals surface area contributed by atoms with Gasteiger partial charge in [-0.05, 0) is 25.7 Å². The van der Waals surface area contributed by atoms with Crippen molar-refractivity contribution in [3.05, 3.63) is 12.2 Å². The van der Waals surface area contributed by atoms with Crippen LogP contribution in [0.25, 0.3) is 0 Å². The van der Waals surface area contributed by atoms with Crippen molar-refractivity contribution in [2.24, 2.45) is 0 Å². The summed E-state index contributed by atoms with van der Waals surface area (Å²) in [6, 6.07) is 0. The number of unbranched alkanes of at least 4 members (excludes halogenated alkanes) is 5. The Kier molecular flexibility index (Phi) is 15.4. The molecule has 0 aliphatic rings. The Hall–Kier alpha value is -0.340. The van der Waals surface area contributed by atoms with Crippen LogP contribution in [0.1, 0.15) is 78.6 Å². The van der Waals surface area contributed by atoms with Gasteiger partial charge in [0.25, 0.3) is 0 Å². The van der Waals surface area contributed by atoms with E-state index in [1.807, 2.05) is 0 Å². The largest absolute Gasteiger partial charge is 0.353 e. The van der Waals surface area contributed by atoms with Crippen LogP contribution in [0.5, 0.6) is 0 Å². The maximum Gasteiger partial charge on any atom is 0.157 e. The van der Waals surface area contributed by atoms with Gasteiger partial charge < -0.3 is 9.47 Å². The van der Waals surface area contributed by atoms with Crippen molar-refractivity contribution in [3.63, 3.8) is 0 Å². The van der Waals surface area contributed by atoms with Crippen LogP contribution >= 0.6 is 0 Å². The average Bonchev–Trinajstić information content (AvgIpc) is 2.42. The van der Waals surface area contributed by atoms with Gasteiger partial charge in [-0.25, -0.2) is 0 Å². The maximum absolute atomic E-state index is 5.84. The van der Waals surface area contributed by atoms with Crippen molar-refractivity contribution in [3.8, 4) is 0 Å². The first-order chi connectivity index (χ1) is 9.35. The normalized spacial score (nSPS) is 13.2. The van der Waals surface area contributed by atoms with Crippen molar-refractivity contribution in [2.45, 2.75) is 84.8 Å². The molecule has 0 radical (unpaired) electrons. The van der Waals surface area contributed by atoms with E-state index in [2.05, 4.69) is 32.9 Å². The molecule has 2 nitrogen and oxygen atoms in total. The number of hydrogen-bond acceptors (Lipinski definition) is 2. The molecule has 0 amide bonds. The zero-order valence-electron chi connectivity index (χ0n) is 13.3. The molecule has 0 aromatic heterocycles. The molecule has 0 aromatic carbocycles. The Morgan fingerprint density at radius 1 is 0.789 bits per heavy atom. The molecular formula is C17H34O2. The van der Waals surface area contributed by atoms with Crippen molar-refractivity contribution >= 4 is 0 Å². The topological polar surface area (TPSA) is 18.5 Å². The first-order valence-electron chi connectivity index (χ1n) is 8.23. The summed E-state index contributed by atoms with van der Waals surface area (Å²) < 4.78 is 11.6. The molecule has 1 atom stereocenters. The highest BCUT2D eigenvalue weighted by atomic mass is 16.7. The lowest BCUT2D eigenvalue weighted by molar-refractivity contribution is -0.139. The smallest absolute Gasteiger partial charge is 0.157 e. The van der Waals surface area contributed by atoms with Crippen molar-refractivity contribution < 1.29 is 9.47 Å². The number of ether oxygens (including phenoxy) is 2. The summed E-state index contributed by atoms with van der Waals surface area (Å²) in [5, 5.41) is 0. The van der Waals surface area contributed by atoms with Gasteiger partial charge in [-0.2, -0.15) is 0 Å². The highest BCUT2D eigenvalue weighted by Gasteiger charge is 2.07. The molecule has 0 heterocycles. The third kappa shape index (κ3) is 13.9. The Morgan fingerprint density at radius 2 is 1.53 bits per heavy atom. The fraction of sp³-hybridized carbons (Fsp3) is 0.882. The number of allylic oxidation sites excluding steroid dienone is 1. The van der Waals surface area contributed by atoms with Crippen LogP contribution in [0.4, 0.5) is 0 Å². The minimum atomic E-state index is -0.00492. The number of hydrogen-bond donors (Lipinski definition) is 0. The first-order valence-corrected chi connectivity index (χ1v) is 8.23. The lowest BCUT2D eigenvalue weighted by atomic mass is 10.2. The van der Waals surface area contributed by atoms with Crippen LogP contribution in [-0.4, -0.2) is 19.5 Å². The zero-order chi connectivity index (χ0) is 14.2. The summed E-state index contributed by atoms with van der Waals surface area (Å²) in [6.45, 7) is 8.16. The van der Waals surface area contributed by atoms with E-state index < -0.39 is 0 Å². The van der Waals surface area contributed by atoms with Gasteiger partial charge in [-0.3, -0.25) is 0 Å². The van der Waals surface area contributed by atoms with Gasteiger partial charge in [-0.1, -0.05) is 65.0 Å². The molecule has 0 rings (SSSR count). The van der Waals surface area contributed by atoms with Crippen molar-refractivity contribution in [1.82, 2.24) is 0 Å². The van der Waals surface area contributed by atoms with Gasteiger partial charge in [0.2, 0.25) is 0 Å². The van der Waals surface area contributed by atoms with Crippen molar-refractivity contribution in [1.29, 1.82) is 0 Å². The third-order valence-corrected chi connectivity index (χ3v) is 3.10. The van der Waals surface area contributed by atoms with Crippen LogP contribution in [0, 0.1) is 0 Å². The highest BCUT2D eigenvalue weighted by Crippen LogP contribution is 2.10. The molecule has 114 valence electrons. The molecular weight excluding hydrogens is 236 g/mol. The van der Waals surface area contributed by atoms with Gasteiger partial charge in [0.05, 0.1) is 6.61 Å². The average molecular weight is 270 g/mol. The molecule has 0 aliphatic carbocycles. The maximum atomic E-state index is 5.84. The summed E-state index contributed by atoms with van der Waals surface area (Å²) in [4.78, 5) is 0. The second-order valence-electron chi connectivity index (χ2n) is 5.10. The quantitative estimate of drug-likeness (QED) is 0.237. The minimum Gasteiger partial charge on any atom is -0.353 e. The van der Waals surface area contributed by atoms with Crippen molar-refractivity contribution in [2.75, 3.05) is 13.2 Å². The van der Waals surface area contributed by atoms with Crippen LogP contribution < -0.4 is 0 Å². The molecule has 0 saturated carbocycles. The molecule has 0 N–H and O–H groups in total. The summed E-state index contributed by atoms with van der Waals surface area (Å²) in [6.07, 6.45) is 15.0. The summed E-state index contributed by atoms with van der Waals surface area (Å²) >= 11 is 0. The second-order valence-corrected chi connectivity index (χ2v) is 5.10. The Labute approximate surface area is 120 Å². The lowest BCUT2D eigenvalue weighted by Crippen LogP contribution is -2.18. The second kappa shape index (κ2) is 15.7. The molecule has 0 spiro atoms. The molecule has 2 heteroatoms. The standard InChI is InChI=1S/C17H34O2/c1-4-7-10-13-16-19-17(14-11-8-5-2)18-15-12-9-6-3/h10,13,17H,4-9,11-12,14-16H2,1-3H3/b13-10+. The van der Waals surface area contributed by atoms with E-state index in [-0.39, 0.29) is 6.29 Å². The van der Waals surface area contributed by atoms with Gasteiger partial charge in [-0.15, -0.1) is 0 Å². The van der Waals surface area contributed by atoms with E-state index in [0.29, 0.717) is 6.61 Å². The van der Waals surface area contributed by atoms with Gasteiger partial charge >= 0.3 is 0 Å². The Balaban J connectivity index is 3.75. The van der Waals surface area contributed by atoms with E-state index in [1.54, 1.807) is 0 Å². The van der Waals surface area contributed by atoms with E-state index in [0.717, 1.165) is 25.9 Å². The van der Waals surface area contributed by atoms with Gasteiger partial charge in [0.15, 0.2) is 6.29 Å². The Morgan fingerprint density at radius 3 is 2.21 bits per heavy atom. The molecule has 1 unspecified atom stereocenters. The highest BCUT2D eigenvalue weighted by molar-refractivity contribution is 4.80. The molecule has 19 heavy (non-hydrogen) atoms. The van der Waals surface area contributed by atoms with E-state index >= 15 is 0 Å². The van der Waals surface area contributed by atoms with E-state index in [1.165, 1.54) is 38.5 Å². The van der Waals surface area contributed by atoms with Gasteiger partial charge in [0, 0.05) is 6.61 Å². The first kappa shape index (κ1) is 18.7.